The van der Waals surface area contributed by atoms with Crippen molar-refractivity contribution in [1.29, 1.82) is 0 Å². The highest BCUT2D eigenvalue weighted by molar-refractivity contribution is 5.71. The van der Waals surface area contributed by atoms with Crippen LogP contribution in [0, 0.1) is 0 Å². The smallest absolute Gasteiger partial charge is 0.306 e. The van der Waals surface area contributed by atoms with Gasteiger partial charge in [0.15, 0.2) is 6.10 Å². The molecule has 6 nitrogen and oxygen atoms in total. The van der Waals surface area contributed by atoms with Crippen molar-refractivity contribution in [2.24, 2.45) is 0 Å². The lowest BCUT2D eigenvalue weighted by Gasteiger charge is -2.18. The van der Waals surface area contributed by atoms with Gasteiger partial charge in [0.25, 0.3) is 0 Å². The first-order valence-corrected chi connectivity index (χ1v) is 24.6. The molecule has 0 aliphatic carbocycles. The fraction of sp³-hybridized carbons (Fsp3) is 0.788. The van der Waals surface area contributed by atoms with Crippen LogP contribution in [0.3, 0.4) is 0 Å². The summed E-state index contributed by atoms with van der Waals surface area (Å²) in [4.78, 5) is 37.8. The van der Waals surface area contributed by atoms with Crippen LogP contribution in [0.5, 0.6) is 0 Å². The van der Waals surface area contributed by atoms with Gasteiger partial charge in [-0.25, -0.2) is 0 Å². The second-order valence-electron chi connectivity index (χ2n) is 16.4. The maximum atomic E-state index is 12.7. The quantitative estimate of drug-likeness (QED) is 0.0264. The Morgan fingerprint density at radius 3 is 1.05 bits per heavy atom. The Balaban J connectivity index is 4.35. The van der Waals surface area contributed by atoms with Gasteiger partial charge >= 0.3 is 17.9 Å². The number of carbonyl (C=O) groups excluding carboxylic acids is 3. The van der Waals surface area contributed by atoms with Gasteiger partial charge < -0.3 is 14.2 Å². The molecule has 0 fully saturated rings. The summed E-state index contributed by atoms with van der Waals surface area (Å²) in [7, 11) is 0. The molecule has 58 heavy (non-hydrogen) atoms. The van der Waals surface area contributed by atoms with Crippen LogP contribution in [-0.4, -0.2) is 37.2 Å². The molecule has 6 heteroatoms. The molecule has 0 aliphatic heterocycles. The Morgan fingerprint density at radius 2 is 0.655 bits per heavy atom. The van der Waals surface area contributed by atoms with Crippen LogP contribution in [0.4, 0.5) is 0 Å². The van der Waals surface area contributed by atoms with Crippen molar-refractivity contribution < 1.29 is 28.6 Å². The van der Waals surface area contributed by atoms with Crippen molar-refractivity contribution in [3.8, 4) is 0 Å². The molecule has 0 saturated carbocycles. The van der Waals surface area contributed by atoms with Crippen LogP contribution in [0.1, 0.15) is 245 Å². The Labute approximate surface area is 358 Å². The molecule has 0 aromatic rings. The van der Waals surface area contributed by atoms with Crippen LogP contribution in [0.2, 0.25) is 0 Å². The zero-order chi connectivity index (χ0) is 42.3. The van der Waals surface area contributed by atoms with Crippen molar-refractivity contribution >= 4 is 17.9 Å². The van der Waals surface area contributed by atoms with Crippen molar-refractivity contribution in [2.75, 3.05) is 13.2 Å². The van der Waals surface area contributed by atoms with Crippen molar-refractivity contribution in [3.63, 3.8) is 0 Å². The number of unbranched alkanes of at least 4 members (excludes halogenated alkanes) is 25. The Bertz CT molecular complexity index is 1030. The Kier molecular flexibility index (Phi) is 44.9. The highest BCUT2D eigenvalue weighted by Gasteiger charge is 2.19. The first kappa shape index (κ1) is 55.4. The predicted octanol–water partition coefficient (Wildman–Crippen LogP) is 15.9. The first-order valence-electron chi connectivity index (χ1n) is 24.6. The van der Waals surface area contributed by atoms with Crippen LogP contribution < -0.4 is 0 Å². The molecule has 0 spiro atoms. The summed E-state index contributed by atoms with van der Waals surface area (Å²) in [6, 6.07) is 0. The third kappa shape index (κ3) is 44.5. The molecule has 0 saturated heterocycles. The lowest BCUT2D eigenvalue weighted by Crippen LogP contribution is -2.30. The summed E-state index contributed by atoms with van der Waals surface area (Å²) >= 11 is 0. The molecule has 0 amide bonds. The summed E-state index contributed by atoms with van der Waals surface area (Å²) in [5.74, 6) is -0.911. The van der Waals surface area contributed by atoms with Gasteiger partial charge in [0.2, 0.25) is 0 Å². The van der Waals surface area contributed by atoms with E-state index in [4.69, 9.17) is 14.2 Å². The third-order valence-corrected chi connectivity index (χ3v) is 10.5. The van der Waals surface area contributed by atoms with Crippen LogP contribution >= 0.6 is 0 Å². The zero-order valence-corrected chi connectivity index (χ0v) is 38.3. The summed E-state index contributed by atoms with van der Waals surface area (Å²) < 4.78 is 16.7. The number of esters is 3. The molecule has 1 atom stereocenters. The molecular formula is C52H92O6. The standard InChI is InChI=1S/C52H92O6/c1-4-7-10-13-16-19-22-24-25-26-27-29-30-33-36-39-42-45-51(54)57-48-49(47-56-50(53)44-41-38-35-32-21-18-15-12-9-6-3)58-52(55)46-43-40-37-34-31-28-23-20-17-14-11-8-5-2/h11-12,14-15,20,23-25,49H,4-10,13,16-19,21-22,26-48H2,1-3H3/b14-11-,15-12-,23-20-,25-24-. The van der Waals surface area contributed by atoms with Gasteiger partial charge in [0.05, 0.1) is 0 Å². The summed E-state index contributed by atoms with van der Waals surface area (Å²) in [5.41, 5.74) is 0. The van der Waals surface area contributed by atoms with Crippen molar-refractivity contribution in [1.82, 2.24) is 0 Å². The molecular weight excluding hydrogens is 721 g/mol. The number of ether oxygens (including phenoxy) is 3. The van der Waals surface area contributed by atoms with Gasteiger partial charge in [-0.3, -0.25) is 14.4 Å². The van der Waals surface area contributed by atoms with Gasteiger partial charge in [-0.05, 0) is 89.9 Å². The van der Waals surface area contributed by atoms with Crippen LogP contribution in [0.25, 0.3) is 0 Å². The van der Waals surface area contributed by atoms with Crippen molar-refractivity contribution in [3.05, 3.63) is 48.6 Å². The maximum Gasteiger partial charge on any atom is 0.306 e. The molecule has 0 aromatic carbocycles. The summed E-state index contributed by atoms with van der Waals surface area (Å²) in [5, 5.41) is 0. The molecule has 0 radical (unpaired) electrons. The van der Waals surface area contributed by atoms with E-state index in [0.29, 0.717) is 19.3 Å². The fourth-order valence-corrected chi connectivity index (χ4v) is 6.77. The van der Waals surface area contributed by atoms with E-state index >= 15 is 0 Å². The van der Waals surface area contributed by atoms with E-state index in [0.717, 1.165) is 103 Å². The van der Waals surface area contributed by atoms with Gasteiger partial charge in [0.1, 0.15) is 13.2 Å². The largest absolute Gasteiger partial charge is 0.462 e. The molecule has 0 N–H and O–H groups in total. The number of allylic oxidation sites excluding steroid dienone is 8. The first-order chi connectivity index (χ1) is 28.5. The van der Waals surface area contributed by atoms with E-state index in [1.807, 2.05) is 0 Å². The fourth-order valence-electron chi connectivity index (χ4n) is 6.77. The maximum absolute atomic E-state index is 12.7. The summed E-state index contributed by atoms with van der Waals surface area (Å²) in [6.45, 7) is 6.49. The molecule has 0 bridgehead atoms. The molecule has 0 aromatic heterocycles. The van der Waals surface area contributed by atoms with E-state index in [1.54, 1.807) is 0 Å². The summed E-state index contributed by atoms with van der Waals surface area (Å²) in [6.07, 6.45) is 55.2. The Hall–Kier alpha value is -2.63. The Morgan fingerprint density at radius 1 is 0.345 bits per heavy atom. The molecule has 336 valence electrons. The predicted molar refractivity (Wildman–Crippen MR) is 247 cm³/mol. The molecule has 0 heterocycles. The van der Waals surface area contributed by atoms with Gasteiger partial charge in [-0.2, -0.15) is 0 Å². The average molecular weight is 813 g/mol. The minimum atomic E-state index is -0.782. The number of hydrogen-bond acceptors (Lipinski definition) is 6. The normalized spacial score (nSPS) is 12.4. The zero-order valence-electron chi connectivity index (χ0n) is 38.3. The minimum absolute atomic E-state index is 0.0835. The topological polar surface area (TPSA) is 78.9 Å². The van der Waals surface area contributed by atoms with Crippen LogP contribution in [0.15, 0.2) is 48.6 Å². The van der Waals surface area contributed by atoms with Gasteiger partial charge in [-0.1, -0.05) is 185 Å². The molecule has 0 rings (SSSR count). The second-order valence-corrected chi connectivity index (χ2v) is 16.4. The van der Waals surface area contributed by atoms with Crippen molar-refractivity contribution in [2.45, 2.75) is 252 Å². The number of hydrogen-bond donors (Lipinski definition) is 0. The average Bonchev–Trinajstić information content (AvgIpc) is 3.22. The SMILES string of the molecule is CCC/C=C\C/C=C\CCCCCCCC(=O)OC(COC(=O)CCCCCCC/C=C\CCC)COC(=O)CCCCCCCCC/C=C\CCCCCCCC. The van der Waals surface area contributed by atoms with E-state index in [-0.39, 0.29) is 31.1 Å². The number of rotatable bonds is 44. The van der Waals surface area contributed by atoms with Crippen LogP contribution in [-0.2, 0) is 28.6 Å². The number of carbonyl (C=O) groups is 3. The third-order valence-electron chi connectivity index (χ3n) is 10.5. The lowest BCUT2D eigenvalue weighted by atomic mass is 10.1. The van der Waals surface area contributed by atoms with E-state index in [9.17, 15) is 14.4 Å². The molecule has 0 aliphatic rings. The minimum Gasteiger partial charge on any atom is -0.462 e. The van der Waals surface area contributed by atoms with Gasteiger partial charge in [-0.15, -0.1) is 0 Å². The highest BCUT2D eigenvalue weighted by Crippen LogP contribution is 2.14. The second kappa shape index (κ2) is 47.1. The monoisotopic (exact) mass is 813 g/mol. The lowest BCUT2D eigenvalue weighted by molar-refractivity contribution is -0.167. The van der Waals surface area contributed by atoms with Gasteiger partial charge in [0, 0.05) is 19.3 Å². The van der Waals surface area contributed by atoms with E-state index in [2.05, 4.69) is 69.4 Å². The van der Waals surface area contributed by atoms with E-state index < -0.39 is 6.10 Å². The highest BCUT2D eigenvalue weighted by atomic mass is 16.6. The molecule has 1 unspecified atom stereocenters. The van der Waals surface area contributed by atoms with E-state index in [1.165, 1.54) is 103 Å².